The number of benzene rings is 1. The van der Waals surface area contributed by atoms with Gasteiger partial charge in [-0.15, -0.1) is 0 Å². The SMILES string of the molecule is Nc1ccc(Cl)cc1NC(=O)CCC(F)(F)F. The Balaban J connectivity index is 2.59. The molecule has 1 aromatic rings. The number of halogens is 4. The van der Waals surface area contributed by atoms with Gasteiger partial charge in [-0.05, 0) is 18.2 Å². The first-order valence-corrected chi connectivity index (χ1v) is 5.07. The predicted octanol–water partition coefficient (Wildman–Crippen LogP) is 3.20. The quantitative estimate of drug-likeness (QED) is 0.826. The van der Waals surface area contributed by atoms with E-state index in [0.717, 1.165) is 0 Å². The average Bonchev–Trinajstić information content (AvgIpc) is 2.20. The molecule has 0 atom stereocenters. The number of carbonyl (C=O) groups excluding carboxylic acids is 1. The normalized spacial score (nSPS) is 11.3. The Morgan fingerprint density at radius 3 is 2.65 bits per heavy atom. The van der Waals surface area contributed by atoms with Crippen LogP contribution in [0.4, 0.5) is 24.5 Å². The molecule has 0 aliphatic heterocycles. The van der Waals surface area contributed by atoms with Gasteiger partial charge in [0.25, 0.3) is 0 Å². The second-order valence-electron chi connectivity index (χ2n) is 3.39. The molecular weight excluding hydrogens is 257 g/mol. The van der Waals surface area contributed by atoms with Crippen molar-refractivity contribution in [1.29, 1.82) is 0 Å². The van der Waals surface area contributed by atoms with Crippen LogP contribution in [0.1, 0.15) is 12.8 Å². The van der Waals surface area contributed by atoms with E-state index in [-0.39, 0.29) is 11.4 Å². The minimum absolute atomic E-state index is 0.213. The number of amides is 1. The second-order valence-corrected chi connectivity index (χ2v) is 3.83. The van der Waals surface area contributed by atoms with Crippen molar-refractivity contribution in [2.75, 3.05) is 11.1 Å². The predicted molar refractivity (Wildman–Crippen MR) is 59.8 cm³/mol. The van der Waals surface area contributed by atoms with Crippen molar-refractivity contribution in [3.8, 4) is 0 Å². The molecule has 0 fully saturated rings. The Labute approximate surface area is 101 Å². The maximum absolute atomic E-state index is 11.9. The summed E-state index contributed by atoms with van der Waals surface area (Å²) < 4.78 is 35.6. The highest BCUT2D eigenvalue weighted by Gasteiger charge is 2.27. The minimum atomic E-state index is -4.35. The largest absolute Gasteiger partial charge is 0.397 e. The van der Waals surface area contributed by atoms with Crippen molar-refractivity contribution in [1.82, 2.24) is 0 Å². The second kappa shape index (κ2) is 5.27. The van der Waals surface area contributed by atoms with Crippen LogP contribution in [0.15, 0.2) is 18.2 Å². The molecule has 0 bridgehead atoms. The number of carbonyl (C=O) groups is 1. The molecule has 7 heteroatoms. The summed E-state index contributed by atoms with van der Waals surface area (Å²) in [5.41, 5.74) is 5.98. The van der Waals surface area contributed by atoms with E-state index in [2.05, 4.69) is 5.32 Å². The fourth-order valence-corrected chi connectivity index (χ4v) is 1.28. The number of nitrogens with two attached hydrogens (primary N) is 1. The Hall–Kier alpha value is -1.43. The summed E-state index contributed by atoms with van der Waals surface area (Å²) in [6.07, 6.45) is -6.16. The molecule has 0 radical (unpaired) electrons. The van der Waals surface area contributed by atoms with E-state index in [1.54, 1.807) is 0 Å². The van der Waals surface area contributed by atoms with Crippen molar-refractivity contribution in [3.63, 3.8) is 0 Å². The van der Waals surface area contributed by atoms with Gasteiger partial charge in [0.1, 0.15) is 0 Å². The molecule has 0 aromatic heterocycles. The maximum Gasteiger partial charge on any atom is 0.389 e. The molecule has 0 heterocycles. The van der Waals surface area contributed by atoms with Gasteiger partial charge < -0.3 is 11.1 Å². The number of nitrogen functional groups attached to an aromatic ring is 1. The van der Waals surface area contributed by atoms with Gasteiger partial charge in [-0.2, -0.15) is 13.2 Å². The highest BCUT2D eigenvalue weighted by atomic mass is 35.5. The average molecular weight is 267 g/mol. The van der Waals surface area contributed by atoms with E-state index < -0.39 is 24.9 Å². The third kappa shape index (κ3) is 4.95. The van der Waals surface area contributed by atoms with Crippen molar-refractivity contribution >= 4 is 28.9 Å². The summed E-state index contributed by atoms with van der Waals surface area (Å²) in [5, 5.41) is 2.61. The molecule has 1 aromatic carbocycles. The molecule has 3 N–H and O–H groups in total. The van der Waals surface area contributed by atoms with Gasteiger partial charge in [0.2, 0.25) is 5.91 Å². The third-order valence-corrected chi connectivity index (χ3v) is 2.16. The zero-order valence-electron chi connectivity index (χ0n) is 8.64. The van der Waals surface area contributed by atoms with E-state index in [1.807, 2.05) is 0 Å². The van der Waals surface area contributed by atoms with Crippen LogP contribution in [-0.2, 0) is 4.79 Å². The highest BCUT2D eigenvalue weighted by molar-refractivity contribution is 6.31. The van der Waals surface area contributed by atoms with Gasteiger partial charge in [-0.3, -0.25) is 4.79 Å². The Kier molecular flexibility index (Phi) is 4.22. The van der Waals surface area contributed by atoms with Crippen molar-refractivity contribution < 1.29 is 18.0 Å². The van der Waals surface area contributed by atoms with Crippen LogP contribution >= 0.6 is 11.6 Å². The van der Waals surface area contributed by atoms with Crippen molar-refractivity contribution in [2.24, 2.45) is 0 Å². The number of anilines is 2. The van der Waals surface area contributed by atoms with Crippen LogP contribution in [0, 0.1) is 0 Å². The van der Waals surface area contributed by atoms with Crippen LogP contribution in [0.3, 0.4) is 0 Å². The lowest BCUT2D eigenvalue weighted by Crippen LogP contribution is -2.17. The van der Waals surface area contributed by atoms with E-state index in [0.29, 0.717) is 5.02 Å². The smallest absolute Gasteiger partial charge is 0.389 e. The molecular formula is C10H10ClF3N2O. The number of alkyl halides is 3. The monoisotopic (exact) mass is 266 g/mol. The fourth-order valence-electron chi connectivity index (χ4n) is 1.10. The summed E-state index contributed by atoms with van der Waals surface area (Å²) in [6.45, 7) is 0. The molecule has 0 aliphatic rings. The molecule has 0 saturated heterocycles. The summed E-state index contributed by atoms with van der Waals surface area (Å²) >= 11 is 5.66. The van der Waals surface area contributed by atoms with Gasteiger partial charge in [-0.1, -0.05) is 11.6 Å². The summed E-state index contributed by atoms with van der Waals surface area (Å²) in [7, 11) is 0. The van der Waals surface area contributed by atoms with Crippen LogP contribution in [-0.4, -0.2) is 12.1 Å². The minimum Gasteiger partial charge on any atom is -0.397 e. The number of nitrogens with one attached hydrogen (secondary N) is 1. The number of rotatable bonds is 3. The molecule has 0 unspecified atom stereocenters. The zero-order chi connectivity index (χ0) is 13.1. The molecule has 3 nitrogen and oxygen atoms in total. The molecule has 94 valence electrons. The standard InChI is InChI=1S/C10H10ClF3N2O/c11-6-1-2-7(15)8(5-6)16-9(17)3-4-10(12,13)14/h1-2,5H,3-4,15H2,(H,16,17). The molecule has 1 rings (SSSR count). The summed E-state index contributed by atoms with van der Waals surface area (Å²) in [4.78, 5) is 11.2. The van der Waals surface area contributed by atoms with Gasteiger partial charge in [0, 0.05) is 11.4 Å². The topological polar surface area (TPSA) is 55.1 Å². The van der Waals surface area contributed by atoms with E-state index >= 15 is 0 Å². The molecule has 1 amide bonds. The summed E-state index contributed by atoms with van der Waals surface area (Å²) in [5.74, 6) is -0.753. The third-order valence-electron chi connectivity index (χ3n) is 1.92. The maximum atomic E-state index is 11.9. The van der Waals surface area contributed by atoms with Crippen molar-refractivity contribution in [2.45, 2.75) is 19.0 Å². The Morgan fingerprint density at radius 2 is 2.06 bits per heavy atom. The van der Waals surface area contributed by atoms with Crippen LogP contribution in [0.2, 0.25) is 5.02 Å². The van der Waals surface area contributed by atoms with E-state index in [9.17, 15) is 18.0 Å². The van der Waals surface area contributed by atoms with Crippen LogP contribution in [0.5, 0.6) is 0 Å². The van der Waals surface area contributed by atoms with Gasteiger partial charge in [0.05, 0.1) is 17.8 Å². The van der Waals surface area contributed by atoms with E-state index in [1.165, 1.54) is 18.2 Å². The first kappa shape index (κ1) is 13.6. The zero-order valence-corrected chi connectivity index (χ0v) is 9.40. The van der Waals surface area contributed by atoms with Gasteiger partial charge in [0.15, 0.2) is 0 Å². The first-order chi connectivity index (χ1) is 7.78. The molecule has 17 heavy (non-hydrogen) atoms. The van der Waals surface area contributed by atoms with Crippen LogP contribution < -0.4 is 11.1 Å². The molecule has 0 spiro atoms. The number of hydrogen-bond acceptors (Lipinski definition) is 2. The lowest BCUT2D eigenvalue weighted by molar-refractivity contribution is -0.142. The van der Waals surface area contributed by atoms with Crippen LogP contribution in [0.25, 0.3) is 0 Å². The Morgan fingerprint density at radius 1 is 1.41 bits per heavy atom. The number of hydrogen-bond donors (Lipinski definition) is 2. The van der Waals surface area contributed by atoms with E-state index in [4.69, 9.17) is 17.3 Å². The summed E-state index contributed by atoms with van der Waals surface area (Å²) in [6, 6.07) is 4.35. The molecule has 0 aliphatic carbocycles. The Bertz CT molecular complexity index is 421. The lowest BCUT2D eigenvalue weighted by atomic mass is 10.2. The van der Waals surface area contributed by atoms with Gasteiger partial charge in [-0.25, -0.2) is 0 Å². The molecule has 0 saturated carbocycles. The highest BCUT2D eigenvalue weighted by Crippen LogP contribution is 2.25. The van der Waals surface area contributed by atoms with Gasteiger partial charge >= 0.3 is 6.18 Å². The lowest BCUT2D eigenvalue weighted by Gasteiger charge is -2.09. The van der Waals surface area contributed by atoms with Crippen molar-refractivity contribution in [3.05, 3.63) is 23.2 Å². The first-order valence-electron chi connectivity index (χ1n) is 4.69. The fraction of sp³-hybridized carbons (Fsp3) is 0.300.